The van der Waals surface area contributed by atoms with E-state index < -0.39 is 6.16 Å². The van der Waals surface area contributed by atoms with Crippen molar-refractivity contribution in [2.45, 2.75) is 150 Å². The highest BCUT2D eigenvalue weighted by atomic mass is 16.7. The van der Waals surface area contributed by atoms with Crippen LogP contribution in [0.5, 0.6) is 0 Å². The van der Waals surface area contributed by atoms with Gasteiger partial charge in [0.15, 0.2) is 0 Å². The van der Waals surface area contributed by atoms with Gasteiger partial charge in [-0.15, -0.1) is 0 Å². The van der Waals surface area contributed by atoms with Crippen LogP contribution in [0.4, 0.5) is 4.79 Å². The maximum atomic E-state index is 12.3. The number of carbonyl (C=O) groups excluding carboxylic acids is 1. The van der Waals surface area contributed by atoms with Crippen molar-refractivity contribution in [1.29, 1.82) is 0 Å². The van der Waals surface area contributed by atoms with E-state index in [1.165, 1.54) is 70.6 Å². The van der Waals surface area contributed by atoms with Crippen LogP contribution in [0.15, 0.2) is 11.6 Å². The van der Waals surface area contributed by atoms with E-state index in [1.54, 1.807) is 5.57 Å². The second-order valence-electron chi connectivity index (χ2n) is 14.8. The summed E-state index contributed by atoms with van der Waals surface area (Å²) >= 11 is 0. The van der Waals surface area contributed by atoms with Gasteiger partial charge in [-0.2, -0.15) is 0 Å². The number of hydrogen-bond acceptors (Lipinski definition) is 3. The zero-order valence-corrected chi connectivity index (χ0v) is 25.9. The fourth-order valence-electron chi connectivity index (χ4n) is 9.78. The third kappa shape index (κ3) is 6.49. The first-order chi connectivity index (χ1) is 18.2. The zero-order chi connectivity index (χ0) is 27.3. The van der Waals surface area contributed by atoms with Gasteiger partial charge >= 0.3 is 6.16 Å². The summed E-state index contributed by atoms with van der Waals surface area (Å²) in [6.45, 7) is 15.3. The zero-order valence-electron chi connectivity index (χ0n) is 25.9. The molecule has 3 heteroatoms. The molecule has 0 saturated heterocycles. The van der Waals surface area contributed by atoms with Gasteiger partial charge in [-0.05, 0) is 97.7 Å². The van der Waals surface area contributed by atoms with E-state index in [0.717, 1.165) is 67.6 Å². The van der Waals surface area contributed by atoms with Crippen molar-refractivity contribution in [3.05, 3.63) is 11.6 Å². The molecule has 4 rings (SSSR count). The Labute approximate surface area is 235 Å². The van der Waals surface area contributed by atoms with Crippen molar-refractivity contribution in [1.82, 2.24) is 0 Å². The molecule has 3 fully saturated rings. The van der Waals surface area contributed by atoms with Crippen LogP contribution in [0.3, 0.4) is 0 Å². The fraction of sp³-hybridized carbons (Fsp3) is 0.914. The molecule has 0 aromatic carbocycles. The highest BCUT2D eigenvalue weighted by Gasteiger charge is 2.59. The van der Waals surface area contributed by atoms with Crippen LogP contribution in [0, 0.1) is 46.3 Å². The predicted molar refractivity (Wildman–Crippen MR) is 158 cm³/mol. The number of ether oxygens (including phenoxy) is 2. The smallest absolute Gasteiger partial charge is 0.434 e. The highest BCUT2D eigenvalue weighted by molar-refractivity contribution is 5.60. The van der Waals surface area contributed by atoms with Gasteiger partial charge in [0.05, 0.1) is 6.61 Å². The number of rotatable bonds is 12. The van der Waals surface area contributed by atoms with Gasteiger partial charge in [0.1, 0.15) is 6.10 Å². The van der Waals surface area contributed by atoms with E-state index in [9.17, 15) is 4.79 Å². The van der Waals surface area contributed by atoms with Crippen molar-refractivity contribution >= 4 is 6.16 Å². The van der Waals surface area contributed by atoms with Gasteiger partial charge < -0.3 is 9.47 Å². The monoisotopic (exact) mass is 528 g/mol. The topological polar surface area (TPSA) is 35.5 Å². The van der Waals surface area contributed by atoms with Crippen LogP contribution in [-0.2, 0) is 9.47 Å². The average molecular weight is 529 g/mol. The SMILES string of the molecule is CCCCCCCOC(=O)O[C@H]1CC[C@@]2(C)C(=CC[C@@H]3[C@H]2CC[C@]2(C)[C@@H]([C@H](C)CCCC(C)C)CC[C@@H]32)C1. The fourth-order valence-corrected chi connectivity index (χ4v) is 9.78. The summed E-state index contributed by atoms with van der Waals surface area (Å²) in [5.74, 6) is 5.18. The Bertz CT molecular complexity index is 801. The molecule has 0 aromatic rings. The van der Waals surface area contributed by atoms with Gasteiger partial charge in [-0.25, -0.2) is 4.79 Å². The third-order valence-electron chi connectivity index (χ3n) is 12.0. The van der Waals surface area contributed by atoms with E-state index in [4.69, 9.17) is 9.47 Å². The van der Waals surface area contributed by atoms with Crippen molar-refractivity contribution in [2.24, 2.45) is 46.3 Å². The van der Waals surface area contributed by atoms with Crippen LogP contribution >= 0.6 is 0 Å². The molecule has 0 heterocycles. The molecule has 4 aliphatic rings. The number of fused-ring (bicyclic) bond motifs is 5. The van der Waals surface area contributed by atoms with Crippen molar-refractivity contribution in [3.63, 3.8) is 0 Å². The lowest BCUT2D eigenvalue weighted by Gasteiger charge is -2.58. The van der Waals surface area contributed by atoms with Crippen molar-refractivity contribution in [2.75, 3.05) is 6.61 Å². The number of carbonyl (C=O) groups is 1. The minimum Gasteiger partial charge on any atom is -0.434 e. The van der Waals surface area contributed by atoms with E-state index in [0.29, 0.717) is 17.4 Å². The molecule has 0 amide bonds. The summed E-state index contributed by atoms with van der Waals surface area (Å²) in [6, 6.07) is 0. The predicted octanol–water partition coefficient (Wildman–Crippen LogP) is 10.5. The highest BCUT2D eigenvalue weighted by Crippen LogP contribution is 2.67. The summed E-state index contributed by atoms with van der Waals surface area (Å²) in [5, 5.41) is 0. The van der Waals surface area contributed by atoms with Crippen molar-refractivity contribution < 1.29 is 14.3 Å². The maximum Gasteiger partial charge on any atom is 0.508 e. The third-order valence-corrected chi connectivity index (χ3v) is 12.0. The quantitative estimate of drug-likeness (QED) is 0.143. The lowest BCUT2D eigenvalue weighted by Crippen LogP contribution is -2.51. The van der Waals surface area contributed by atoms with Gasteiger partial charge in [-0.1, -0.05) is 98.1 Å². The van der Waals surface area contributed by atoms with Gasteiger partial charge in [0, 0.05) is 6.42 Å². The Morgan fingerprint density at radius 3 is 2.50 bits per heavy atom. The summed E-state index contributed by atoms with van der Waals surface area (Å²) in [6.07, 6.45) is 22.2. The molecule has 3 nitrogen and oxygen atoms in total. The van der Waals surface area contributed by atoms with E-state index >= 15 is 0 Å². The van der Waals surface area contributed by atoms with Crippen LogP contribution < -0.4 is 0 Å². The molecule has 0 radical (unpaired) electrons. The lowest BCUT2D eigenvalue weighted by molar-refractivity contribution is -0.0617. The lowest BCUT2D eigenvalue weighted by atomic mass is 9.47. The standard InChI is InChI=1S/C35H60O3/c1-7-8-9-10-11-23-37-33(36)38-28-19-21-34(5)27(24-28)15-16-29-31-18-17-30(26(4)14-12-13-25(2)3)35(31,6)22-20-32(29)34/h15,25-26,28-32H,7-14,16-24H2,1-6H3/t26-,28+,29+,30-,31+,32-,34+,35-/m1/s1. The van der Waals surface area contributed by atoms with Crippen LogP contribution in [0.1, 0.15) is 144 Å². The van der Waals surface area contributed by atoms with Gasteiger partial charge in [0.2, 0.25) is 0 Å². The Hall–Kier alpha value is -0.990. The molecule has 0 aliphatic heterocycles. The summed E-state index contributed by atoms with van der Waals surface area (Å²) in [7, 11) is 0. The maximum absolute atomic E-state index is 12.3. The Morgan fingerprint density at radius 1 is 0.947 bits per heavy atom. The van der Waals surface area contributed by atoms with Crippen LogP contribution in [-0.4, -0.2) is 18.9 Å². The Morgan fingerprint density at radius 2 is 1.74 bits per heavy atom. The van der Waals surface area contributed by atoms with E-state index in [-0.39, 0.29) is 6.10 Å². The average Bonchev–Trinajstić information content (AvgIpc) is 3.23. The number of hydrogen-bond donors (Lipinski definition) is 0. The number of allylic oxidation sites excluding steroid dienone is 1. The molecular formula is C35H60O3. The molecule has 38 heavy (non-hydrogen) atoms. The second-order valence-corrected chi connectivity index (χ2v) is 14.8. The minimum absolute atomic E-state index is 0.00475. The Balaban J connectivity index is 1.31. The summed E-state index contributed by atoms with van der Waals surface area (Å²) < 4.78 is 11.2. The second kappa shape index (κ2) is 13.1. The van der Waals surface area contributed by atoms with E-state index in [1.807, 2.05) is 0 Å². The Kier molecular flexibility index (Phi) is 10.3. The first kappa shape index (κ1) is 30.0. The van der Waals surface area contributed by atoms with E-state index in [2.05, 4.69) is 47.6 Å². The normalized spacial score (nSPS) is 37.1. The molecule has 218 valence electrons. The van der Waals surface area contributed by atoms with Crippen LogP contribution in [0.2, 0.25) is 0 Å². The molecule has 0 spiro atoms. The molecule has 4 aliphatic carbocycles. The van der Waals surface area contributed by atoms with Crippen LogP contribution in [0.25, 0.3) is 0 Å². The number of unbranched alkanes of at least 4 members (excludes halogenated alkanes) is 4. The summed E-state index contributed by atoms with van der Waals surface area (Å²) in [4.78, 5) is 12.3. The molecule has 0 N–H and O–H groups in total. The first-order valence-corrected chi connectivity index (χ1v) is 16.7. The van der Waals surface area contributed by atoms with Gasteiger partial charge in [-0.3, -0.25) is 0 Å². The van der Waals surface area contributed by atoms with Gasteiger partial charge in [0.25, 0.3) is 0 Å². The molecule has 0 unspecified atom stereocenters. The first-order valence-electron chi connectivity index (χ1n) is 16.7. The van der Waals surface area contributed by atoms with Crippen molar-refractivity contribution in [3.8, 4) is 0 Å². The summed E-state index contributed by atoms with van der Waals surface area (Å²) in [5.41, 5.74) is 2.43. The molecule has 0 aromatic heterocycles. The largest absolute Gasteiger partial charge is 0.508 e. The minimum atomic E-state index is -0.448. The molecule has 3 saturated carbocycles. The molecule has 0 bridgehead atoms. The molecule has 8 atom stereocenters. The molecular weight excluding hydrogens is 468 g/mol.